The van der Waals surface area contributed by atoms with Crippen molar-refractivity contribution >= 4 is 27.5 Å². The number of amides is 1. The first kappa shape index (κ1) is 13.2. The molecular weight excluding hydrogens is 268 g/mol. The number of carbonyl (C=O) groups excluding carboxylic acids is 1. The van der Waals surface area contributed by atoms with Crippen molar-refractivity contribution in [3.63, 3.8) is 0 Å². The molecule has 4 heteroatoms. The second-order valence-electron chi connectivity index (χ2n) is 3.72. The lowest BCUT2D eigenvalue weighted by molar-refractivity contribution is -0.115. The molecular formula is C12H17BrN2O. The summed E-state index contributed by atoms with van der Waals surface area (Å²) in [5.41, 5.74) is 0.804. The summed E-state index contributed by atoms with van der Waals surface area (Å²) >= 11 is 3.38. The fraction of sp³-hybridized carbons (Fsp3) is 0.417. The van der Waals surface area contributed by atoms with Crippen LogP contribution >= 0.6 is 15.9 Å². The summed E-state index contributed by atoms with van der Waals surface area (Å²) in [6.45, 7) is 4.49. The van der Waals surface area contributed by atoms with Gasteiger partial charge in [0.1, 0.15) is 0 Å². The van der Waals surface area contributed by atoms with E-state index in [4.69, 9.17) is 0 Å². The maximum atomic E-state index is 11.6. The van der Waals surface area contributed by atoms with Gasteiger partial charge in [-0.05, 0) is 41.4 Å². The van der Waals surface area contributed by atoms with Crippen LogP contribution in [-0.2, 0) is 4.79 Å². The summed E-state index contributed by atoms with van der Waals surface area (Å²) in [5.74, 6) is -0.0211. The summed E-state index contributed by atoms with van der Waals surface area (Å²) < 4.78 is 0.895. The van der Waals surface area contributed by atoms with Crippen molar-refractivity contribution in [2.45, 2.75) is 26.3 Å². The molecule has 3 nitrogen and oxygen atoms in total. The van der Waals surface area contributed by atoms with Gasteiger partial charge in [0.15, 0.2) is 0 Å². The van der Waals surface area contributed by atoms with Gasteiger partial charge >= 0.3 is 0 Å². The highest BCUT2D eigenvalue weighted by molar-refractivity contribution is 9.10. The maximum absolute atomic E-state index is 11.6. The summed E-state index contributed by atoms with van der Waals surface area (Å²) in [6.07, 6.45) is 1.02. The Bertz CT molecular complexity index is 355. The van der Waals surface area contributed by atoms with Gasteiger partial charge in [-0.3, -0.25) is 4.79 Å². The first-order valence-electron chi connectivity index (χ1n) is 5.41. The van der Waals surface area contributed by atoms with E-state index in [0.717, 1.165) is 16.6 Å². The Hall–Kier alpha value is -0.870. The molecule has 0 aromatic heterocycles. The summed E-state index contributed by atoms with van der Waals surface area (Å²) in [6, 6.07) is 7.94. The Labute approximate surface area is 105 Å². The van der Waals surface area contributed by atoms with E-state index in [1.807, 2.05) is 24.3 Å². The summed E-state index contributed by atoms with van der Waals surface area (Å²) in [5, 5.41) is 5.99. The average Bonchev–Trinajstić information content (AvgIpc) is 2.29. The number of halogens is 1. The van der Waals surface area contributed by atoms with E-state index < -0.39 is 0 Å². The molecule has 0 saturated heterocycles. The first-order valence-corrected chi connectivity index (χ1v) is 6.20. The van der Waals surface area contributed by atoms with Gasteiger partial charge in [-0.15, -0.1) is 0 Å². The highest BCUT2D eigenvalue weighted by atomic mass is 79.9. The molecule has 16 heavy (non-hydrogen) atoms. The molecule has 0 spiro atoms. The van der Waals surface area contributed by atoms with Crippen molar-refractivity contribution in [1.29, 1.82) is 0 Å². The van der Waals surface area contributed by atoms with Gasteiger partial charge in [-0.1, -0.05) is 19.1 Å². The van der Waals surface area contributed by atoms with E-state index in [9.17, 15) is 4.79 Å². The predicted octanol–water partition coefficient (Wildman–Crippen LogP) is 2.78. The van der Waals surface area contributed by atoms with Gasteiger partial charge in [-0.2, -0.15) is 0 Å². The molecule has 0 radical (unpaired) electrons. The fourth-order valence-corrected chi connectivity index (χ4v) is 1.55. The summed E-state index contributed by atoms with van der Waals surface area (Å²) in [4.78, 5) is 11.6. The monoisotopic (exact) mass is 284 g/mol. The fourth-order valence-electron chi connectivity index (χ4n) is 1.17. The molecule has 1 unspecified atom stereocenters. The molecule has 0 aliphatic rings. The number of rotatable bonds is 5. The van der Waals surface area contributed by atoms with E-state index in [1.165, 1.54) is 0 Å². The molecule has 0 fully saturated rings. The Balaban J connectivity index is 2.43. The lowest BCUT2D eigenvalue weighted by Crippen LogP contribution is -2.34. The van der Waals surface area contributed by atoms with Crippen molar-refractivity contribution in [2.24, 2.45) is 0 Å². The number of hydrogen-bond acceptors (Lipinski definition) is 2. The third kappa shape index (κ3) is 4.33. The van der Waals surface area contributed by atoms with E-state index in [-0.39, 0.29) is 5.91 Å². The number of anilines is 1. The first-order chi connectivity index (χ1) is 7.63. The zero-order valence-electron chi connectivity index (χ0n) is 9.59. The van der Waals surface area contributed by atoms with Crippen LogP contribution in [0, 0.1) is 0 Å². The quantitative estimate of drug-likeness (QED) is 0.873. The second kappa shape index (κ2) is 6.66. The maximum Gasteiger partial charge on any atom is 0.238 e. The number of benzene rings is 1. The van der Waals surface area contributed by atoms with E-state index in [0.29, 0.717) is 12.6 Å². The molecule has 1 rings (SSSR count). The molecule has 1 atom stereocenters. The minimum atomic E-state index is -0.0211. The number of hydrogen-bond donors (Lipinski definition) is 2. The average molecular weight is 285 g/mol. The number of carbonyl (C=O) groups is 1. The third-order valence-electron chi connectivity index (χ3n) is 2.37. The van der Waals surface area contributed by atoms with Crippen molar-refractivity contribution in [3.8, 4) is 0 Å². The second-order valence-corrected chi connectivity index (χ2v) is 4.57. The highest BCUT2D eigenvalue weighted by Crippen LogP contribution is 2.20. The molecule has 1 aromatic carbocycles. The largest absolute Gasteiger partial charge is 0.324 e. The van der Waals surface area contributed by atoms with Crippen LogP contribution in [-0.4, -0.2) is 18.5 Å². The van der Waals surface area contributed by atoms with Crippen LogP contribution in [0.1, 0.15) is 20.3 Å². The smallest absolute Gasteiger partial charge is 0.238 e. The summed E-state index contributed by atoms with van der Waals surface area (Å²) in [7, 11) is 0. The standard InChI is InChI=1S/C12H17BrN2O/c1-3-9(2)14-8-12(16)15-11-7-5-4-6-10(11)13/h4-7,9,14H,3,8H2,1-2H3,(H,15,16). The van der Waals surface area contributed by atoms with Crippen LogP contribution in [0.5, 0.6) is 0 Å². The van der Waals surface area contributed by atoms with Gasteiger partial charge in [0.2, 0.25) is 5.91 Å². The van der Waals surface area contributed by atoms with Gasteiger partial charge in [-0.25, -0.2) is 0 Å². The molecule has 2 N–H and O–H groups in total. The lowest BCUT2D eigenvalue weighted by Gasteiger charge is -2.11. The molecule has 0 aliphatic heterocycles. The van der Waals surface area contributed by atoms with Gasteiger partial charge in [0.05, 0.1) is 12.2 Å². The van der Waals surface area contributed by atoms with Crippen LogP contribution in [0.4, 0.5) is 5.69 Å². The predicted molar refractivity (Wildman–Crippen MR) is 70.5 cm³/mol. The zero-order valence-corrected chi connectivity index (χ0v) is 11.2. The van der Waals surface area contributed by atoms with Crippen LogP contribution in [0.15, 0.2) is 28.7 Å². The van der Waals surface area contributed by atoms with Crippen molar-refractivity contribution in [3.05, 3.63) is 28.7 Å². The molecule has 0 heterocycles. The third-order valence-corrected chi connectivity index (χ3v) is 3.06. The minimum absolute atomic E-state index is 0.0211. The van der Waals surface area contributed by atoms with E-state index in [2.05, 4.69) is 40.4 Å². The van der Waals surface area contributed by atoms with Crippen molar-refractivity contribution in [1.82, 2.24) is 5.32 Å². The van der Waals surface area contributed by atoms with Gasteiger partial charge in [0.25, 0.3) is 0 Å². The SMILES string of the molecule is CCC(C)NCC(=O)Nc1ccccc1Br. The van der Waals surface area contributed by atoms with Crippen LogP contribution in [0.3, 0.4) is 0 Å². The van der Waals surface area contributed by atoms with Gasteiger partial charge in [0, 0.05) is 10.5 Å². The Morgan fingerprint density at radius 1 is 1.44 bits per heavy atom. The van der Waals surface area contributed by atoms with E-state index >= 15 is 0 Å². The van der Waals surface area contributed by atoms with Crippen LogP contribution in [0.25, 0.3) is 0 Å². The molecule has 1 aromatic rings. The Morgan fingerprint density at radius 3 is 2.75 bits per heavy atom. The van der Waals surface area contributed by atoms with Crippen molar-refractivity contribution < 1.29 is 4.79 Å². The van der Waals surface area contributed by atoms with Crippen LogP contribution in [0.2, 0.25) is 0 Å². The topological polar surface area (TPSA) is 41.1 Å². The molecule has 0 aliphatic carbocycles. The molecule has 88 valence electrons. The highest BCUT2D eigenvalue weighted by Gasteiger charge is 2.05. The number of nitrogens with one attached hydrogen (secondary N) is 2. The Kier molecular flexibility index (Phi) is 5.49. The zero-order chi connectivity index (χ0) is 12.0. The Morgan fingerprint density at radius 2 is 2.12 bits per heavy atom. The normalized spacial score (nSPS) is 12.2. The van der Waals surface area contributed by atoms with Crippen LogP contribution < -0.4 is 10.6 Å². The molecule has 0 bridgehead atoms. The number of para-hydroxylation sites is 1. The molecule has 1 amide bonds. The van der Waals surface area contributed by atoms with Gasteiger partial charge < -0.3 is 10.6 Å². The van der Waals surface area contributed by atoms with Crippen molar-refractivity contribution in [2.75, 3.05) is 11.9 Å². The minimum Gasteiger partial charge on any atom is -0.324 e. The lowest BCUT2D eigenvalue weighted by atomic mass is 10.2. The van der Waals surface area contributed by atoms with E-state index in [1.54, 1.807) is 0 Å². The molecule has 0 saturated carbocycles.